The largest absolute Gasteiger partial charge is 0.308 e. The van der Waals surface area contributed by atoms with Gasteiger partial charge in [-0.2, -0.15) is 10.2 Å². The fourth-order valence-corrected chi connectivity index (χ4v) is 2.13. The van der Waals surface area contributed by atoms with E-state index in [1.54, 1.807) is 0 Å². The van der Waals surface area contributed by atoms with Gasteiger partial charge in [-0.25, -0.2) is 0 Å². The van der Waals surface area contributed by atoms with Gasteiger partial charge in [0.1, 0.15) is 0 Å². The van der Waals surface area contributed by atoms with Crippen molar-refractivity contribution in [3.8, 4) is 0 Å². The zero-order valence-corrected chi connectivity index (χ0v) is 10.8. The average molecular weight is 233 g/mol. The van der Waals surface area contributed by atoms with Gasteiger partial charge in [-0.3, -0.25) is 9.36 Å². The standard InChI is InChI=1S/C12H19N5/c1-5-17-11(6-9(2)15-17)12(13-3)10-7-14-16(4)8-10/h6-8,12-13H,5H2,1-4H3. The van der Waals surface area contributed by atoms with Crippen molar-refractivity contribution in [1.29, 1.82) is 0 Å². The summed E-state index contributed by atoms with van der Waals surface area (Å²) in [5, 5.41) is 12.0. The van der Waals surface area contributed by atoms with Crippen molar-refractivity contribution in [2.24, 2.45) is 7.05 Å². The van der Waals surface area contributed by atoms with Crippen LogP contribution >= 0.6 is 0 Å². The minimum Gasteiger partial charge on any atom is -0.308 e. The number of hydrogen-bond donors (Lipinski definition) is 1. The predicted octanol–water partition coefficient (Wildman–Crippen LogP) is 1.25. The van der Waals surface area contributed by atoms with Gasteiger partial charge in [0.05, 0.1) is 23.6 Å². The normalized spacial score (nSPS) is 12.9. The quantitative estimate of drug-likeness (QED) is 0.864. The molecule has 2 heterocycles. The van der Waals surface area contributed by atoms with Crippen LogP contribution in [0.3, 0.4) is 0 Å². The van der Waals surface area contributed by atoms with E-state index in [2.05, 4.69) is 28.5 Å². The summed E-state index contributed by atoms with van der Waals surface area (Å²) in [6, 6.07) is 2.27. The minimum atomic E-state index is 0.143. The lowest BCUT2D eigenvalue weighted by Gasteiger charge is -2.15. The molecule has 0 saturated heterocycles. The van der Waals surface area contributed by atoms with E-state index in [1.807, 2.05) is 42.8 Å². The third-order valence-electron chi connectivity index (χ3n) is 2.88. The molecule has 2 aromatic rings. The maximum atomic E-state index is 4.48. The number of nitrogens with one attached hydrogen (secondary N) is 1. The highest BCUT2D eigenvalue weighted by Gasteiger charge is 2.18. The highest BCUT2D eigenvalue weighted by atomic mass is 15.3. The van der Waals surface area contributed by atoms with Gasteiger partial charge in [0.25, 0.3) is 0 Å². The smallest absolute Gasteiger partial charge is 0.0776 e. The van der Waals surface area contributed by atoms with Gasteiger partial charge >= 0.3 is 0 Å². The lowest BCUT2D eigenvalue weighted by Crippen LogP contribution is -2.21. The molecule has 0 amide bonds. The maximum Gasteiger partial charge on any atom is 0.0776 e. The van der Waals surface area contributed by atoms with Crippen LogP contribution in [-0.4, -0.2) is 26.6 Å². The Balaban J connectivity index is 2.41. The predicted molar refractivity (Wildman–Crippen MR) is 66.7 cm³/mol. The molecule has 92 valence electrons. The van der Waals surface area contributed by atoms with Crippen LogP contribution in [0.5, 0.6) is 0 Å². The number of aromatic nitrogens is 4. The second kappa shape index (κ2) is 4.71. The molecule has 0 radical (unpaired) electrons. The molecule has 0 fully saturated rings. The first-order valence-electron chi connectivity index (χ1n) is 5.85. The van der Waals surface area contributed by atoms with Crippen molar-refractivity contribution in [2.75, 3.05) is 7.05 Å². The van der Waals surface area contributed by atoms with E-state index in [0.717, 1.165) is 17.8 Å². The summed E-state index contributed by atoms with van der Waals surface area (Å²) in [6.07, 6.45) is 3.92. The summed E-state index contributed by atoms with van der Waals surface area (Å²) in [5.41, 5.74) is 3.39. The maximum absolute atomic E-state index is 4.48. The SMILES string of the molecule is CCn1nc(C)cc1C(NC)c1cnn(C)c1. The van der Waals surface area contributed by atoms with Gasteiger partial charge in [0, 0.05) is 25.4 Å². The van der Waals surface area contributed by atoms with E-state index in [4.69, 9.17) is 0 Å². The third kappa shape index (κ3) is 2.24. The highest BCUT2D eigenvalue weighted by molar-refractivity contribution is 5.25. The van der Waals surface area contributed by atoms with Crippen LogP contribution in [0.4, 0.5) is 0 Å². The molecule has 0 saturated carbocycles. The summed E-state index contributed by atoms with van der Waals surface area (Å²) in [7, 11) is 3.89. The fourth-order valence-electron chi connectivity index (χ4n) is 2.13. The Morgan fingerprint density at radius 3 is 2.76 bits per heavy atom. The molecule has 1 atom stereocenters. The highest BCUT2D eigenvalue weighted by Crippen LogP contribution is 2.21. The summed E-state index contributed by atoms with van der Waals surface area (Å²) in [5.74, 6) is 0. The van der Waals surface area contributed by atoms with E-state index in [9.17, 15) is 0 Å². The second-order valence-electron chi connectivity index (χ2n) is 4.20. The molecule has 0 aromatic carbocycles. The zero-order chi connectivity index (χ0) is 12.4. The number of hydrogen-bond acceptors (Lipinski definition) is 3. The van der Waals surface area contributed by atoms with Gasteiger partial charge in [0.2, 0.25) is 0 Å². The Kier molecular flexibility index (Phi) is 3.28. The minimum absolute atomic E-state index is 0.143. The average Bonchev–Trinajstić information content (AvgIpc) is 2.87. The van der Waals surface area contributed by atoms with E-state index in [1.165, 1.54) is 5.69 Å². The molecular weight excluding hydrogens is 214 g/mol. The molecule has 0 aliphatic carbocycles. The Morgan fingerprint density at radius 1 is 1.47 bits per heavy atom. The lowest BCUT2D eigenvalue weighted by atomic mass is 10.1. The molecule has 2 rings (SSSR count). The molecule has 2 aromatic heterocycles. The van der Waals surface area contributed by atoms with Crippen molar-refractivity contribution in [3.63, 3.8) is 0 Å². The number of nitrogens with zero attached hydrogens (tertiary/aromatic N) is 4. The van der Waals surface area contributed by atoms with Gasteiger partial charge in [-0.05, 0) is 27.0 Å². The number of rotatable bonds is 4. The van der Waals surface area contributed by atoms with Gasteiger partial charge in [-0.15, -0.1) is 0 Å². The topological polar surface area (TPSA) is 47.7 Å². The van der Waals surface area contributed by atoms with Crippen LogP contribution in [-0.2, 0) is 13.6 Å². The molecule has 0 spiro atoms. The second-order valence-corrected chi connectivity index (χ2v) is 4.20. The monoisotopic (exact) mass is 233 g/mol. The zero-order valence-electron chi connectivity index (χ0n) is 10.8. The Hall–Kier alpha value is -1.62. The molecule has 17 heavy (non-hydrogen) atoms. The molecule has 5 nitrogen and oxygen atoms in total. The van der Waals surface area contributed by atoms with Gasteiger partial charge in [0.15, 0.2) is 0 Å². The first-order valence-corrected chi connectivity index (χ1v) is 5.85. The van der Waals surface area contributed by atoms with Gasteiger partial charge in [-0.1, -0.05) is 0 Å². The van der Waals surface area contributed by atoms with Crippen LogP contribution in [0.1, 0.15) is 29.9 Å². The Bertz CT molecular complexity index is 497. The molecule has 0 aliphatic rings. The summed E-state index contributed by atoms with van der Waals surface area (Å²) in [6.45, 7) is 5.00. The first kappa shape index (κ1) is 11.9. The third-order valence-corrected chi connectivity index (χ3v) is 2.88. The van der Waals surface area contributed by atoms with E-state index in [-0.39, 0.29) is 6.04 Å². The molecular formula is C12H19N5. The number of aryl methyl sites for hydroxylation is 3. The Labute approximate surface area is 101 Å². The van der Waals surface area contributed by atoms with Crippen molar-refractivity contribution < 1.29 is 0 Å². The molecule has 0 aliphatic heterocycles. The molecule has 5 heteroatoms. The van der Waals surface area contributed by atoms with Crippen LogP contribution in [0.25, 0.3) is 0 Å². The Morgan fingerprint density at radius 2 is 2.24 bits per heavy atom. The summed E-state index contributed by atoms with van der Waals surface area (Å²) < 4.78 is 3.85. The lowest BCUT2D eigenvalue weighted by molar-refractivity contribution is 0.561. The van der Waals surface area contributed by atoms with E-state index in [0.29, 0.717) is 0 Å². The van der Waals surface area contributed by atoms with Crippen molar-refractivity contribution in [3.05, 3.63) is 35.4 Å². The summed E-state index contributed by atoms with van der Waals surface area (Å²) in [4.78, 5) is 0. The van der Waals surface area contributed by atoms with Gasteiger partial charge < -0.3 is 5.32 Å². The molecule has 1 unspecified atom stereocenters. The molecule has 0 bridgehead atoms. The van der Waals surface area contributed by atoms with Crippen molar-refractivity contribution in [2.45, 2.75) is 26.4 Å². The fraction of sp³-hybridized carbons (Fsp3) is 0.500. The summed E-state index contributed by atoms with van der Waals surface area (Å²) >= 11 is 0. The van der Waals surface area contributed by atoms with Crippen molar-refractivity contribution in [1.82, 2.24) is 24.9 Å². The molecule has 1 N–H and O–H groups in total. The van der Waals surface area contributed by atoms with Crippen LogP contribution < -0.4 is 5.32 Å². The van der Waals surface area contributed by atoms with E-state index >= 15 is 0 Å². The first-order chi connectivity index (χ1) is 8.15. The van der Waals surface area contributed by atoms with E-state index < -0.39 is 0 Å². The van der Waals surface area contributed by atoms with Crippen LogP contribution in [0.2, 0.25) is 0 Å². The van der Waals surface area contributed by atoms with Crippen LogP contribution in [0.15, 0.2) is 18.5 Å². The van der Waals surface area contributed by atoms with Crippen LogP contribution in [0, 0.1) is 6.92 Å². The van der Waals surface area contributed by atoms with Crippen molar-refractivity contribution >= 4 is 0 Å².